The molecule has 1 aliphatic heterocycles. The Balaban J connectivity index is 1.78. The average Bonchev–Trinajstić information content (AvgIpc) is 2.77. The Morgan fingerprint density at radius 3 is 2.37 bits per heavy atom. The molecule has 1 aromatic carbocycles. The molecule has 6 nitrogen and oxygen atoms in total. The van der Waals surface area contributed by atoms with Gasteiger partial charge in [0.25, 0.3) is 11.5 Å². The van der Waals surface area contributed by atoms with E-state index in [0.29, 0.717) is 25.1 Å². The molecule has 1 aliphatic rings. The Morgan fingerprint density at radius 1 is 1.07 bits per heavy atom. The molecule has 0 radical (unpaired) electrons. The van der Waals surface area contributed by atoms with Crippen molar-refractivity contribution in [3.05, 3.63) is 69.9 Å². The standard InChI is InChI=1S/C23H28FN3O3/c1-3-20(17-7-10-19(24)11-8-17)25(2)23(30)18-9-12-21(28)27(15-18)16-22(29)26-13-5-4-6-14-26/h7-12,15,20H,3-6,13-14,16H2,1-2H3. The molecule has 0 saturated carbocycles. The van der Waals surface area contributed by atoms with Crippen LogP contribution in [0.1, 0.15) is 54.6 Å². The Kier molecular flexibility index (Phi) is 7.03. The van der Waals surface area contributed by atoms with Crippen LogP contribution < -0.4 is 5.56 Å². The molecule has 3 rings (SSSR count). The summed E-state index contributed by atoms with van der Waals surface area (Å²) in [6.45, 7) is 3.31. The highest BCUT2D eigenvalue weighted by molar-refractivity contribution is 5.94. The number of pyridine rings is 1. The van der Waals surface area contributed by atoms with Gasteiger partial charge in [0.1, 0.15) is 12.4 Å². The lowest BCUT2D eigenvalue weighted by Crippen LogP contribution is -2.39. The molecule has 7 heteroatoms. The van der Waals surface area contributed by atoms with Crippen LogP contribution in [0.2, 0.25) is 0 Å². The molecular weight excluding hydrogens is 385 g/mol. The first-order valence-electron chi connectivity index (χ1n) is 10.4. The fourth-order valence-corrected chi connectivity index (χ4v) is 3.93. The minimum Gasteiger partial charge on any atom is -0.341 e. The maximum absolute atomic E-state index is 13.3. The van der Waals surface area contributed by atoms with Crippen molar-refractivity contribution >= 4 is 11.8 Å². The Hall–Kier alpha value is -2.96. The van der Waals surface area contributed by atoms with Gasteiger partial charge in [-0.05, 0) is 49.4 Å². The first-order valence-corrected chi connectivity index (χ1v) is 10.4. The topological polar surface area (TPSA) is 62.6 Å². The SMILES string of the molecule is CCC(c1ccc(F)cc1)N(C)C(=O)c1ccc(=O)n(CC(=O)N2CCCCC2)c1. The molecule has 0 bridgehead atoms. The van der Waals surface area contributed by atoms with E-state index in [1.807, 2.05) is 6.92 Å². The number of hydrogen-bond donors (Lipinski definition) is 0. The summed E-state index contributed by atoms with van der Waals surface area (Å²) >= 11 is 0. The number of amides is 2. The van der Waals surface area contributed by atoms with E-state index in [-0.39, 0.29) is 35.8 Å². The lowest BCUT2D eigenvalue weighted by molar-refractivity contribution is -0.132. The van der Waals surface area contributed by atoms with E-state index in [4.69, 9.17) is 0 Å². The van der Waals surface area contributed by atoms with Crippen LogP contribution in [0.15, 0.2) is 47.4 Å². The van der Waals surface area contributed by atoms with Gasteiger partial charge in [0.2, 0.25) is 5.91 Å². The molecule has 0 aliphatic carbocycles. The number of hydrogen-bond acceptors (Lipinski definition) is 3. The van der Waals surface area contributed by atoms with Crippen molar-refractivity contribution in [2.24, 2.45) is 0 Å². The average molecular weight is 413 g/mol. The molecule has 1 aromatic heterocycles. The van der Waals surface area contributed by atoms with E-state index < -0.39 is 0 Å². The van der Waals surface area contributed by atoms with Gasteiger partial charge in [0, 0.05) is 32.4 Å². The van der Waals surface area contributed by atoms with E-state index in [1.54, 1.807) is 29.0 Å². The number of rotatable bonds is 6. The van der Waals surface area contributed by atoms with Gasteiger partial charge in [-0.3, -0.25) is 14.4 Å². The number of carbonyl (C=O) groups excluding carboxylic acids is 2. The van der Waals surface area contributed by atoms with Gasteiger partial charge in [0.05, 0.1) is 11.6 Å². The van der Waals surface area contributed by atoms with Crippen LogP contribution >= 0.6 is 0 Å². The van der Waals surface area contributed by atoms with Crippen LogP contribution in [0.3, 0.4) is 0 Å². The summed E-state index contributed by atoms with van der Waals surface area (Å²) in [7, 11) is 1.69. The summed E-state index contributed by atoms with van der Waals surface area (Å²) in [4.78, 5) is 41.2. The molecule has 1 unspecified atom stereocenters. The second-order valence-corrected chi connectivity index (χ2v) is 7.72. The summed E-state index contributed by atoms with van der Waals surface area (Å²) in [6, 6.07) is 8.68. The fourth-order valence-electron chi connectivity index (χ4n) is 3.93. The predicted octanol–water partition coefficient (Wildman–Crippen LogP) is 3.22. The lowest BCUT2D eigenvalue weighted by Gasteiger charge is -2.28. The van der Waals surface area contributed by atoms with Crippen molar-refractivity contribution in [3.8, 4) is 0 Å². The van der Waals surface area contributed by atoms with E-state index in [9.17, 15) is 18.8 Å². The van der Waals surface area contributed by atoms with Crippen molar-refractivity contribution in [1.29, 1.82) is 0 Å². The summed E-state index contributed by atoms with van der Waals surface area (Å²) < 4.78 is 14.6. The molecule has 160 valence electrons. The van der Waals surface area contributed by atoms with Crippen LogP contribution in [-0.2, 0) is 11.3 Å². The van der Waals surface area contributed by atoms with Gasteiger partial charge in [-0.25, -0.2) is 4.39 Å². The number of benzene rings is 1. The number of halogens is 1. The normalized spacial score (nSPS) is 15.0. The molecule has 2 amide bonds. The minimum atomic E-state index is -0.326. The number of piperidine rings is 1. The zero-order valence-electron chi connectivity index (χ0n) is 17.5. The van der Waals surface area contributed by atoms with Crippen LogP contribution in [0.4, 0.5) is 4.39 Å². The molecular formula is C23H28FN3O3. The van der Waals surface area contributed by atoms with Crippen LogP contribution in [-0.4, -0.2) is 46.3 Å². The minimum absolute atomic E-state index is 0.0706. The molecule has 2 aromatic rings. The predicted molar refractivity (Wildman–Crippen MR) is 113 cm³/mol. The third kappa shape index (κ3) is 4.96. The number of nitrogens with zero attached hydrogens (tertiary/aromatic N) is 3. The van der Waals surface area contributed by atoms with E-state index >= 15 is 0 Å². The second-order valence-electron chi connectivity index (χ2n) is 7.72. The molecule has 30 heavy (non-hydrogen) atoms. The van der Waals surface area contributed by atoms with Crippen molar-refractivity contribution in [2.75, 3.05) is 20.1 Å². The smallest absolute Gasteiger partial charge is 0.255 e. The highest BCUT2D eigenvalue weighted by Crippen LogP contribution is 2.24. The van der Waals surface area contributed by atoms with E-state index in [1.165, 1.54) is 35.0 Å². The van der Waals surface area contributed by atoms with Gasteiger partial charge in [-0.15, -0.1) is 0 Å². The maximum Gasteiger partial charge on any atom is 0.255 e. The number of aromatic nitrogens is 1. The van der Waals surface area contributed by atoms with Gasteiger partial charge in [-0.1, -0.05) is 19.1 Å². The van der Waals surface area contributed by atoms with Crippen molar-refractivity contribution in [2.45, 2.75) is 45.2 Å². The summed E-state index contributed by atoms with van der Waals surface area (Å²) in [5.74, 6) is -0.689. The van der Waals surface area contributed by atoms with Gasteiger partial charge in [0.15, 0.2) is 0 Å². The van der Waals surface area contributed by atoms with Crippen molar-refractivity contribution in [1.82, 2.24) is 14.4 Å². The lowest BCUT2D eigenvalue weighted by atomic mass is 10.0. The number of carbonyl (C=O) groups is 2. The van der Waals surface area contributed by atoms with Gasteiger partial charge < -0.3 is 14.4 Å². The molecule has 1 atom stereocenters. The second kappa shape index (κ2) is 9.69. The third-order valence-corrected chi connectivity index (χ3v) is 5.67. The van der Waals surface area contributed by atoms with Gasteiger partial charge in [-0.2, -0.15) is 0 Å². The Labute approximate surface area is 175 Å². The van der Waals surface area contributed by atoms with E-state index in [0.717, 1.165) is 24.8 Å². The first-order chi connectivity index (χ1) is 14.4. The quantitative estimate of drug-likeness (QED) is 0.731. The molecule has 1 saturated heterocycles. The van der Waals surface area contributed by atoms with Crippen molar-refractivity contribution in [3.63, 3.8) is 0 Å². The molecule has 0 N–H and O–H groups in total. The monoisotopic (exact) mass is 413 g/mol. The summed E-state index contributed by atoms with van der Waals surface area (Å²) in [5.41, 5.74) is 0.859. The molecule has 1 fully saturated rings. The zero-order valence-corrected chi connectivity index (χ0v) is 17.5. The highest BCUT2D eigenvalue weighted by atomic mass is 19.1. The van der Waals surface area contributed by atoms with E-state index in [2.05, 4.69) is 0 Å². The zero-order chi connectivity index (χ0) is 21.7. The van der Waals surface area contributed by atoms with Crippen LogP contribution in [0.25, 0.3) is 0 Å². The maximum atomic E-state index is 13.3. The van der Waals surface area contributed by atoms with Crippen LogP contribution in [0.5, 0.6) is 0 Å². The largest absolute Gasteiger partial charge is 0.341 e. The number of likely N-dealkylation sites (tertiary alicyclic amines) is 1. The summed E-state index contributed by atoms with van der Waals surface area (Å²) in [6.07, 6.45) is 5.19. The summed E-state index contributed by atoms with van der Waals surface area (Å²) in [5, 5.41) is 0. The van der Waals surface area contributed by atoms with Crippen LogP contribution in [0, 0.1) is 5.82 Å². The first kappa shape index (κ1) is 21.7. The Morgan fingerprint density at radius 2 is 1.73 bits per heavy atom. The van der Waals surface area contributed by atoms with Gasteiger partial charge >= 0.3 is 0 Å². The fraction of sp³-hybridized carbons (Fsp3) is 0.435. The Bertz CT molecular complexity index is 949. The van der Waals surface area contributed by atoms with Crippen molar-refractivity contribution < 1.29 is 14.0 Å². The molecule has 2 heterocycles. The highest BCUT2D eigenvalue weighted by Gasteiger charge is 2.23. The molecule has 0 spiro atoms. The third-order valence-electron chi connectivity index (χ3n) is 5.67.